The minimum absolute atomic E-state index is 0.145. The minimum atomic E-state index is -0.399. The van der Waals surface area contributed by atoms with Gasteiger partial charge < -0.3 is 10.1 Å². The molecular weight excluding hydrogens is 398 g/mol. The Morgan fingerprint density at radius 2 is 2.00 bits per heavy atom. The zero-order valence-corrected chi connectivity index (χ0v) is 18.6. The summed E-state index contributed by atoms with van der Waals surface area (Å²) in [6.45, 7) is 5.98. The summed E-state index contributed by atoms with van der Waals surface area (Å²) in [4.78, 5) is 12.7. The van der Waals surface area contributed by atoms with Gasteiger partial charge in [0, 0.05) is 0 Å². The molecule has 1 unspecified atom stereocenters. The van der Waals surface area contributed by atoms with Crippen molar-refractivity contribution in [2.24, 2.45) is 0 Å². The summed E-state index contributed by atoms with van der Waals surface area (Å²) in [7, 11) is 1.58. The third-order valence-electron chi connectivity index (χ3n) is 4.71. The minimum Gasteiger partial charge on any atom is -0.495 e. The lowest BCUT2D eigenvalue weighted by molar-refractivity contribution is -0.115. The zero-order chi connectivity index (χ0) is 21.5. The number of amides is 1. The molecule has 0 aliphatic carbocycles. The highest BCUT2D eigenvalue weighted by molar-refractivity contribution is 8.00. The average molecular weight is 426 g/mol. The van der Waals surface area contributed by atoms with Crippen LogP contribution in [0.25, 0.3) is 5.69 Å². The fourth-order valence-corrected chi connectivity index (χ4v) is 3.77. The standard InChI is InChI=1S/C22H27N5O2S/c1-5-6-7-17-9-11-18(12-10-17)27-22(24-25-26-27)30-16(3)21(28)23-19-14-15(2)8-13-20(19)29-4/h8-14,16H,5-7H2,1-4H3,(H,23,28). The van der Waals surface area contributed by atoms with E-state index in [1.54, 1.807) is 11.8 Å². The number of carbonyl (C=O) groups excluding carboxylic acids is 1. The van der Waals surface area contributed by atoms with Crippen LogP contribution in [0.2, 0.25) is 0 Å². The Morgan fingerprint density at radius 1 is 1.23 bits per heavy atom. The lowest BCUT2D eigenvalue weighted by Crippen LogP contribution is -2.23. The number of benzene rings is 2. The Hall–Kier alpha value is -2.87. The Balaban J connectivity index is 1.69. The number of hydrogen-bond donors (Lipinski definition) is 1. The fraction of sp³-hybridized carbons (Fsp3) is 0.364. The van der Waals surface area contributed by atoms with Crippen LogP contribution in [0.5, 0.6) is 5.75 Å². The maximum absolute atomic E-state index is 12.7. The van der Waals surface area contributed by atoms with E-state index in [9.17, 15) is 4.79 Å². The van der Waals surface area contributed by atoms with Crippen molar-refractivity contribution in [2.75, 3.05) is 12.4 Å². The molecule has 1 aromatic heterocycles. The topological polar surface area (TPSA) is 81.9 Å². The normalized spacial score (nSPS) is 11.9. The molecule has 0 aliphatic heterocycles. The second-order valence-electron chi connectivity index (χ2n) is 7.10. The first-order valence-electron chi connectivity index (χ1n) is 10.0. The highest BCUT2D eigenvalue weighted by Crippen LogP contribution is 2.28. The van der Waals surface area contributed by atoms with Crippen molar-refractivity contribution in [1.29, 1.82) is 0 Å². The van der Waals surface area contributed by atoms with Gasteiger partial charge in [-0.1, -0.05) is 43.3 Å². The van der Waals surface area contributed by atoms with E-state index in [2.05, 4.69) is 39.9 Å². The molecule has 0 fully saturated rings. The van der Waals surface area contributed by atoms with Crippen molar-refractivity contribution in [2.45, 2.75) is 50.4 Å². The molecule has 1 N–H and O–H groups in total. The third-order valence-corrected chi connectivity index (χ3v) is 5.74. The van der Waals surface area contributed by atoms with Crippen molar-refractivity contribution in [1.82, 2.24) is 20.2 Å². The lowest BCUT2D eigenvalue weighted by atomic mass is 10.1. The first-order chi connectivity index (χ1) is 14.5. The molecule has 8 heteroatoms. The van der Waals surface area contributed by atoms with Crippen molar-refractivity contribution in [3.63, 3.8) is 0 Å². The number of unbranched alkanes of at least 4 members (excludes halogenated alkanes) is 1. The van der Waals surface area contributed by atoms with E-state index in [0.717, 1.165) is 17.7 Å². The molecule has 1 heterocycles. The number of hydrogen-bond acceptors (Lipinski definition) is 6. The molecule has 0 aliphatic rings. The highest BCUT2D eigenvalue weighted by atomic mass is 32.2. The molecule has 2 aromatic carbocycles. The fourth-order valence-electron chi connectivity index (χ4n) is 2.96. The molecule has 3 rings (SSSR count). The highest BCUT2D eigenvalue weighted by Gasteiger charge is 2.20. The van der Waals surface area contributed by atoms with E-state index in [4.69, 9.17) is 4.74 Å². The summed E-state index contributed by atoms with van der Waals surface area (Å²) < 4.78 is 7.00. The molecule has 1 atom stereocenters. The number of ether oxygens (including phenoxy) is 1. The second-order valence-corrected chi connectivity index (χ2v) is 8.40. The maximum Gasteiger partial charge on any atom is 0.237 e. The Bertz CT molecular complexity index is 987. The van der Waals surface area contributed by atoms with E-state index in [1.165, 1.54) is 30.2 Å². The third kappa shape index (κ3) is 5.38. The summed E-state index contributed by atoms with van der Waals surface area (Å²) >= 11 is 1.31. The Labute approximate surface area is 181 Å². The van der Waals surface area contributed by atoms with Gasteiger partial charge in [0.05, 0.1) is 23.7 Å². The van der Waals surface area contributed by atoms with Gasteiger partial charge in [-0.2, -0.15) is 4.68 Å². The second kappa shape index (κ2) is 10.2. The summed E-state index contributed by atoms with van der Waals surface area (Å²) in [5.74, 6) is 0.479. The molecule has 1 amide bonds. The van der Waals surface area contributed by atoms with Crippen molar-refractivity contribution < 1.29 is 9.53 Å². The van der Waals surface area contributed by atoms with Gasteiger partial charge in [-0.15, -0.1) is 5.10 Å². The number of anilines is 1. The largest absolute Gasteiger partial charge is 0.495 e. The number of nitrogens with zero attached hydrogens (tertiary/aromatic N) is 4. The first kappa shape index (κ1) is 21.8. The quantitative estimate of drug-likeness (QED) is 0.510. The molecule has 30 heavy (non-hydrogen) atoms. The predicted octanol–water partition coefficient (Wildman–Crippen LogP) is 4.44. The monoisotopic (exact) mass is 425 g/mol. The van der Waals surface area contributed by atoms with Gasteiger partial charge in [-0.05, 0) is 72.5 Å². The van der Waals surface area contributed by atoms with Gasteiger partial charge in [0.15, 0.2) is 0 Å². The zero-order valence-electron chi connectivity index (χ0n) is 17.8. The van der Waals surface area contributed by atoms with Gasteiger partial charge in [0.2, 0.25) is 11.1 Å². The number of carbonyl (C=O) groups is 1. The van der Waals surface area contributed by atoms with Crippen molar-refractivity contribution in [3.05, 3.63) is 53.6 Å². The van der Waals surface area contributed by atoms with Gasteiger partial charge in [0.1, 0.15) is 5.75 Å². The maximum atomic E-state index is 12.7. The molecular formula is C22H27N5O2S. The van der Waals surface area contributed by atoms with Gasteiger partial charge in [0.25, 0.3) is 0 Å². The van der Waals surface area contributed by atoms with E-state index in [-0.39, 0.29) is 5.91 Å². The first-order valence-corrected chi connectivity index (χ1v) is 10.9. The SMILES string of the molecule is CCCCc1ccc(-n2nnnc2SC(C)C(=O)Nc2cc(C)ccc2OC)cc1. The number of rotatable bonds is 9. The Morgan fingerprint density at radius 3 is 2.70 bits per heavy atom. The van der Waals surface area contributed by atoms with Crippen LogP contribution in [0, 0.1) is 6.92 Å². The Kier molecular flexibility index (Phi) is 7.46. The number of nitrogens with one attached hydrogen (secondary N) is 1. The number of aromatic nitrogens is 4. The number of tetrazole rings is 1. The van der Waals surface area contributed by atoms with Crippen LogP contribution in [0.1, 0.15) is 37.8 Å². The number of aryl methyl sites for hydroxylation is 2. The van der Waals surface area contributed by atoms with E-state index in [1.807, 2.05) is 44.2 Å². The van der Waals surface area contributed by atoms with E-state index in [0.29, 0.717) is 16.6 Å². The van der Waals surface area contributed by atoms with E-state index < -0.39 is 5.25 Å². The molecule has 0 spiro atoms. The van der Waals surface area contributed by atoms with Crippen molar-refractivity contribution in [3.8, 4) is 11.4 Å². The molecule has 0 saturated carbocycles. The van der Waals surface area contributed by atoms with Crippen LogP contribution in [-0.2, 0) is 11.2 Å². The predicted molar refractivity (Wildman–Crippen MR) is 119 cm³/mol. The smallest absolute Gasteiger partial charge is 0.237 e. The summed E-state index contributed by atoms with van der Waals surface area (Å²) in [5.41, 5.74) is 3.85. The summed E-state index contributed by atoms with van der Waals surface area (Å²) in [6, 6.07) is 13.9. The van der Waals surface area contributed by atoms with Crippen LogP contribution in [-0.4, -0.2) is 38.5 Å². The van der Waals surface area contributed by atoms with Gasteiger partial charge in [-0.3, -0.25) is 4.79 Å². The van der Waals surface area contributed by atoms with Crippen LogP contribution in [0.3, 0.4) is 0 Å². The summed E-state index contributed by atoms with van der Waals surface area (Å²) in [5, 5.41) is 15.1. The molecule has 7 nitrogen and oxygen atoms in total. The molecule has 0 bridgehead atoms. The van der Waals surface area contributed by atoms with Gasteiger partial charge >= 0.3 is 0 Å². The van der Waals surface area contributed by atoms with Crippen LogP contribution in [0.15, 0.2) is 47.6 Å². The molecule has 0 saturated heterocycles. The van der Waals surface area contributed by atoms with Crippen LogP contribution < -0.4 is 10.1 Å². The number of thioether (sulfide) groups is 1. The summed E-state index contributed by atoms with van der Waals surface area (Å²) in [6.07, 6.45) is 3.40. The van der Waals surface area contributed by atoms with Crippen LogP contribution >= 0.6 is 11.8 Å². The molecule has 3 aromatic rings. The lowest BCUT2D eigenvalue weighted by Gasteiger charge is -2.14. The average Bonchev–Trinajstić information content (AvgIpc) is 3.20. The van der Waals surface area contributed by atoms with Gasteiger partial charge in [-0.25, -0.2) is 0 Å². The van der Waals surface area contributed by atoms with Crippen molar-refractivity contribution >= 4 is 23.4 Å². The molecule has 0 radical (unpaired) electrons. The van der Waals surface area contributed by atoms with E-state index >= 15 is 0 Å². The molecule has 158 valence electrons. The van der Waals surface area contributed by atoms with Crippen LogP contribution in [0.4, 0.5) is 5.69 Å². The number of methoxy groups -OCH3 is 1.